The van der Waals surface area contributed by atoms with Crippen LogP contribution in [0.15, 0.2) is 28.8 Å². The molecule has 1 N–H and O–H groups in total. The summed E-state index contributed by atoms with van der Waals surface area (Å²) in [5.41, 5.74) is 2.41. The van der Waals surface area contributed by atoms with E-state index in [-0.39, 0.29) is 18.5 Å². The van der Waals surface area contributed by atoms with Crippen LogP contribution in [-0.2, 0) is 20.8 Å². The van der Waals surface area contributed by atoms with E-state index < -0.39 is 6.10 Å². The normalized spacial score (nSPS) is 19.7. The number of morpholine rings is 1. The second kappa shape index (κ2) is 12.8. The lowest BCUT2D eigenvalue weighted by molar-refractivity contribution is -0.00389. The number of benzene rings is 1. The first kappa shape index (κ1) is 26.0. The van der Waals surface area contributed by atoms with Crippen LogP contribution in [-0.4, -0.2) is 86.6 Å². The van der Waals surface area contributed by atoms with Crippen LogP contribution in [0.25, 0.3) is 11.3 Å². The van der Waals surface area contributed by atoms with Crippen LogP contribution >= 0.6 is 0 Å². The average Bonchev–Trinajstić information content (AvgIpc) is 3.50. The van der Waals surface area contributed by atoms with Crippen molar-refractivity contribution in [3.8, 4) is 11.3 Å². The minimum atomic E-state index is -0.629. The first-order chi connectivity index (χ1) is 17.0. The number of aliphatic hydroxyl groups excluding tert-OH is 1. The van der Waals surface area contributed by atoms with Gasteiger partial charge in [0, 0.05) is 51.5 Å². The molecular formula is C26H38FN3O5. The Hall–Kier alpha value is -2.04. The molecule has 1 aromatic carbocycles. The molecular weight excluding hydrogens is 453 g/mol. The highest BCUT2D eigenvalue weighted by Gasteiger charge is 2.28. The Morgan fingerprint density at radius 1 is 1.17 bits per heavy atom. The summed E-state index contributed by atoms with van der Waals surface area (Å²) in [6.45, 7) is 10.2. The molecule has 1 aromatic heterocycles. The SMILES string of the molecule is CC(C)COC[C@@H](O)CN(Cc1c(-c2ccc(F)cc2)noc1N1CCOCC1)C[C@@H]1CCCO1. The fraction of sp³-hybridized carbons (Fsp3) is 0.654. The van der Waals surface area contributed by atoms with Crippen LogP contribution in [0.4, 0.5) is 10.3 Å². The van der Waals surface area contributed by atoms with Gasteiger partial charge in [-0.25, -0.2) is 4.39 Å². The number of hydrogen-bond donors (Lipinski definition) is 1. The summed E-state index contributed by atoms with van der Waals surface area (Å²) < 4.78 is 36.6. The minimum Gasteiger partial charge on any atom is -0.389 e. The highest BCUT2D eigenvalue weighted by atomic mass is 19.1. The van der Waals surface area contributed by atoms with Crippen LogP contribution in [0, 0.1) is 11.7 Å². The average molecular weight is 492 g/mol. The molecule has 2 aliphatic rings. The molecule has 0 saturated carbocycles. The highest BCUT2D eigenvalue weighted by Crippen LogP contribution is 2.33. The fourth-order valence-electron chi connectivity index (χ4n) is 4.59. The number of hydrogen-bond acceptors (Lipinski definition) is 8. The molecule has 0 unspecified atom stereocenters. The second-order valence-electron chi connectivity index (χ2n) is 9.84. The number of rotatable bonds is 12. The Balaban J connectivity index is 1.57. The van der Waals surface area contributed by atoms with Crippen molar-refractivity contribution in [1.29, 1.82) is 0 Å². The number of halogens is 1. The summed E-state index contributed by atoms with van der Waals surface area (Å²) >= 11 is 0. The fourth-order valence-corrected chi connectivity index (χ4v) is 4.59. The minimum absolute atomic E-state index is 0.125. The summed E-state index contributed by atoms with van der Waals surface area (Å²) in [6, 6.07) is 6.31. The molecule has 0 spiro atoms. The van der Waals surface area contributed by atoms with Crippen LogP contribution in [0.5, 0.6) is 0 Å². The molecule has 2 fully saturated rings. The molecule has 0 radical (unpaired) electrons. The summed E-state index contributed by atoms with van der Waals surface area (Å²) in [7, 11) is 0. The first-order valence-electron chi connectivity index (χ1n) is 12.7. The van der Waals surface area contributed by atoms with E-state index >= 15 is 0 Å². The molecule has 2 aliphatic heterocycles. The molecule has 2 aromatic rings. The summed E-state index contributed by atoms with van der Waals surface area (Å²) in [5.74, 6) is 0.823. The van der Waals surface area contributed by atoms with Crippen molar-refractivity contribution in [3.63, 3.8) is 0 Å². The van der Waals surface area contributed by atoms with Gasteiger partial charge in [0.2, 0.25) is 5.88 Å². The van der Waals surface area contributed by atoms with Gasteiger partial charge in [0.05, 0.1) is 37.6 Å². The predicted molar refractivity (Wildman–Crippen MR) is 131 cm³/mol. The monoisotopic (exact) mass is 491 g/mol. The lowest BCUT2D eigenvalue weighted by atomic mass is 10.1. The zero-order valence-corrected chi connectivity index (χ0v) is 20.8. The Morgan fingerprint density at radius 2 is 1.94 bits per heavy atom. The number of aromatic nitrogens is 1. The largest absolute Gasteiger partial charge is 0.389 e. The maximum absolute atomic E-state index is 13.6. The lowest BCUT2D eigenvalue weighted by Gasteiger charge is -2.30. The van der Waals surface area contributed by atoms with Crippen LogP contribution in [0.1, 0.15) is 32.3 Å². The van der Waals surface area contributed by atoms with Crippen LogP contribution < -0.4 is 4.90 Å². The molecule has 35 heavy (non-hydrogen) atoms. The van der Waals surface area contributed by atoms with E-state index in [2.05, 4.69) is 28.8 Å². The first-order valence-corrected chi connectivity index (χ1v) is 12.7. The van der Waals surface area contributed by atoms with Gasteiger partial charge in [-0.05, 0) is 43.0 Å². The molecule has 9 heteroatoms. The lowest BCUT2D eigenvalue weighted by Crippen LogP contribution is -2.40. The van der Waals surface area contributed by atoms with E-state index in [1.807, 2.05) is 0 Å². The quantitative estimate of drug-likeness (QED) is 0.484. The summed E-state index contributed by atoms with van der Waals surface area (Å²) in [4.78, 5) is 4.34. The third kappa shape index (κ3) is 7.47. The number of anilines is 1. The van der Waals surface area contributed by atoms with E-state index in [1.54, 1.807) is 12.1 Å². The summed E-state index contributed by atoms with van der Waals surface area (Å²) in [5, 5.41) is 15.2. The van der Waals surface area contributed by atoms with Crippen molar-refractivity contribution >= 4 is 5.88 Å². The molecule has 4 rings (SSSR count). The van der Waals surface area contributed by atoms with Gasteiger partial charge in [-0.2, -0.15) is 0 Å². The van der Waals surface area contributed by atoms with Crippen molar-refractivity contribution in [2.24, 2.45) is 5.92 Å². The molecule has 2 atom stereocenters. The van der Waals surface area contributed by atoms with E-state index in [4.69, 9.17) is 18.7 Å². The van der Waals surface area contributed by atoms with Gasteiger partial charge in [-0.15, -0.1) is 0 Å². The van der Waals surface area contributed by atoms with Gasteiger partial charge in [0.25, 0.3) is 0 Å². The van der Waals surface area contributed by atoms with E-state index in [1.165, 1.54) is 12.1 Å². The van der Waals surface area contributed by atoms with E-state index in [0.717, 1.165) is 30.6 Å². The third-order valence-corrected chi connectivity index (χ3v) is 6.28. The number of nitrogens with zero attached hydrogens (tertiary/aromatic N) is 3. The molecule has 0 aliphatic carbocycles. The number of ether oxygens (including phenoxy) is 3. The standard InChI is InChI=1S/C26H38FN3O5/c1-19(2)17-33-18-22(31)14-29(15-23-4-3-11-34-23)16-24-25(20-5-7-21(27)8-6-20)28-35-26(24)30-9-12-32-13-10-30/h5-8,19,22-23,31H,3-4,9-18H2,1-2H3/t22-,23-/m0/s1. The van der Waals surface area contributed by atoms with E-state index in [9.17, 15) is 9.50 Å². The van der Waals surface area contributed by atoms with Gasteiger partial charge in [0.1, 0.15) is 11.5 Å². The van der Waals surface area contributed by atoms with Gasteiger partial charge >= 0.3 is 0 Å². The molecule has 0 amide bonds. The van der Waals surface area contributed by atoms with Gasteiger partial charge in [-0.1, -0.05) is 19.0 Å². The van der Waals surface area contributed by atoms with Gasteiger partial charge in [-0.3, -0.25) is 4.90 Å². The van der Waals surface area contributed by atoms with Crippen molar-refractivity contribution in [1.82, 2.24) is 10.1 Å². The van der Waals surface area contributed by atoms with Crippen LogP contribution in [0.2, 0.25) is 0 Å². The van der Waals surface area contributed by atoms with Crippen molar-refractivity contribution in [3.05, 3.63) is 35.6 Å². The Kier molecular flexibility index (Phi) is 9.51. The Bertz CT molecular complexity index is 895. The molecule has 194 valence electrons. The molecule has 2 saturated heterocycles. The second-order valence-corrected chi connectivity index (χ2v) is 9.84. The molecule has 3 heterocycles. The van der Waals surface area contributed by atoms with Crippen molar-refractivity contribution in [2.45, 2.75) is 45.4 Å². The van der Waals surface area contributed by atoms with E-state index in [0.29, 0.717) is 70.0 Å². The predicted octanol–water partition coefficient (Wildman–Crippen LogP) is 3.33. The molecule has 8 nitrogen and oxygen atoms in total. The Labute approximate surface area is 206 Å². The van der Waals surface area contributed by atoms with Crippen LogP contribution in [0.3, 0.4) is 0 Å². The zero-order valence-electron chi connectivity index (χ0n) is 20.8. The zero-order chi connectivity index (χ0) is 24.6. The van der Waals surface area contributed by atoms with Crippen molar-refractivity contribution in [2.75, 3.05) is 64.1 Å². The maximum atomic E-state index is 13.6. The smallest absolute Gasteiger partial charge is 0.232 e. The topological polar surface area (TPSA) is 80.4 Å². The third-order valence-electron chi connectivity index (χ3n) is 6.28. The van der Waals surface area contributed by atoms with Gasteiger partial charge < -0.3 is 28.7 Å². The maximum Gasteiger partial charge on any atom is 0.232 e. The highest BCUT2D eigenvalue weighted by molar-refractivity contribution is 5.68. The Morgan fingerprint density at radius 3 is 2.63 bits per heavy atom. The summed E-state index contributed by atoms with van der Waals surface area (Å²) in [6.07, 6.45) is 1.54. The van der Waals surface area contributed by atoms with Crippen molar-refractivity contribution < 1.29 is 28.2 Å². The molecule has 0 bridgehead atoms. The van der Waals surface area contributed by atoms with Gasteiger partial charge in [0.15, 0.2) is 0 Å². The number of aliphatic hydroxyl groups is 1.